The molecule has 24 heavy (non-hydrogen) atoms. The molecule has 3 aromatic rings. The fourth-order valence-corrected chi connectivity index (χ4v) is 3.33. The van der Waals surface area contributed by atoms with Gasteiger partial charge in [-0.1, -0.05) is 12.1 Å². The summed E-state index contributed by atoms with van der Waals surface area (Å²) in [6, 6.07) is 7.40. The van der Waals surface area contributed by atoms with E-state index in [1.165, 1.54) is 35.3 Å². The smallest absolute Gasteiger partial charge is 0.307 e. The van der Waals surface area contributed by atoms with Gasteiger partial charge in [-0.15, -0.1) is 11.3 Å². The number of halogens is 2. The lowest BCUT2D eigenvalue weighted by Crippen LogP contribution is -1.97. The minimum atomic E-state index is -2.74. The Balaban J connectivity index is 2.11. The van der Waals surface area contributed by atoms with E-state index in [-0.39, 0.29) is 17.7 Å². The van der Waals surface area contributed by atoms with Crippen LogP contribution in [0.15, 0.2) is 30.5 Å². The van der Waals surface area contributed by atoms with Gasteiger partial charge in [-0.2, -0.15) is 5.10 Å². The number of alkyl halides is 2. The number of aliphatic carboxylic acids is 1. The molecule has 0 radical (unpaired) electrons. The number of fused-ring (bicyclic) bond motifs is 1. The van der Waals surface area contributed by atoms with Crippen LogP contribution < -0.4 is 0 Å². The predicted octanol–water partition coefficient (Wildman–Crippen LogP) is 3.98. The summed E-state index contributed by atoms with van der Waals surface area (Å²) in [5, 5.41) is 13.4. The van der Waals surface area contributed by atoms with Crippen LogP contribution in [0.2, 0.25) is 0 Å². The molecule has 0 aliphatic heterocycles. The fraction of sp³-hybridized carbons (Fsp3) is 0.188. The summed E-state index contributed by atoms with van der Waals surface area (Å²) < 4.78 is 28.4. The Hall–Kier alpha value is -2.61. The van der Waals surface area contributed by atoms with Gasteiger partial charge in [0.25, 0.3) is 6.43 Å². The Bertz CT molecular complexity index is 897. The lowest BCUT2D eigenvalue weighted by molar-refractivity contribution is -0.135. The third-order valence-corrected chi connectivity index (χ3v) is 4.45. The van der Waals surface area contributed by atoms with Crippen molar-refractivity contribution < 1.29 is 18.7 Å². The number of aryl methyl sites for hydroxylation is 1. The lowest BCUT2D eigenvalue weighted by Gasteiger charge is -2.01. The molecule has 0 spiro atoms. The van der Waals surface area contributed by atoms with Crippen LogP contribution in [0.1, 0.15) is 29.1 Å². The first-order chi connectivity index (χ1) is 11.4. The highest BCUT2D eigenvalue weighted by Crippen LogP contribution is 2.32. The molecule has 0 amide bonds. The van der Waals surface area contributed by atoms with E-state index in [4.69, 9.17) is 5.11 Å². The minimum Gasteiger partial charge on any atom is -0.481 e. The van der Waals surface area contributed by atoms with Crippen molar-refractivity contribution in [1.29, 1.82) is 0 Å². The van der Waals surface area contributed by atoms with Gasteiger partial charge in [0.15, 0.2) is 0 Å². The van der Waals surface area contributed by atoms with Crippen LogP contribution in [-0.2, 0) is 11.8 Å². The Morgan fingerprint density at radius 3 is 2.83 bits per heavy atom. The number of benzene rings is 1. The molecule has 0 saturated heterocycles. The molecule has 2 heterocycles. The van der Waals surface area contributed by atoms with E-state index in [1.54, 1.807) is 0 Å². The Kier molecular flexibility index (Phi) is 4.39. The summed E-state index contributed by atoms with van der Waals surface area (Å²) in [4.78, 5) is 15.6. The van der Waals surface area contributed by atoms with Crippen molar-refractivity contribution in [3.63, 3.8) is 0 Å². The van der Waals surface area contributed by atoms with Crippen LogP contribution in [0.25, 0.3) is 21.9 Å². The second-order valence-corrected chi connectivity index (χ2v) is 6.20. The molecule has 2 aromatic heterocycles. The van der Waals surface area contributed by atoms with E-state index in [1.807, 2.05) is 24.3 Å². The maximum atomic E-state index is 13.1. The molecular weight excluding hydrogens is 336 g/mol. The van der Waals surface area contributed by atoms with Crippen molar-refractivity contribution in [3.05, 3.63) is 46.7 Å². The zero-order valence-corrected chi connectivity index (χ0v) is 13.4. The zero-order chi connectivity index (χ0) is 17.3. The first-order valence-corrected chi connectivity index (χ1v) is 7.85. The van der Waals surface area contributed by atoms with Crippen molar-refractivity contribution in [1.82, 2.24) is 14.8 Å². The number of para-hydroxylation sites is 1. The summed E-state index contributed by atoms with van der Waals surface area (Å²) in [6.45, 7) is 0. The van der Waals surface area contributed by atoms with E-state index < -0.39 is 12.4 Å². The summed E-state index contributed by atoms with van der Waals surface area (Å²) in [6.07, 6.45) is -0.173. The lowest BCUT2D eigenvalue weighted by atomic mass is 10.1. The van der Waals surface area contributed by atoms with E-state index in [0.29, 0.717) is 10.6 Å². The predicted molar refractivity (Wildman–Crippen MR) is 87.9 cm³/mol. The van der Waals surface area contributed by atoms with Crippen LogP contribution in [0.5, 0.6) is 0 Å². The van der Waals surface area contributed by atoms with Crippen LogP contribution in [0.3, 0.4) is 0 Å². The second kappa shape index (κ2) is 6.48. The highest BCUT2D eigenvalue weighted by molar-refractivity contribution is 7.19. The minimum absolute atomic E-state index is 0.197. The number of carboxylic acid groups (broad SMARTS) is 1. The van der Waals surface area contributed by atoms with E-state index in [2.05, 4.69) is 10.1 Å². The maximum absolute atomic E-state index is 13.1. The molecule has 0 fully saturated rings. The van der Waals surface area contributed by atoms with Gasteiger partial charge in [-0.3, -0.25) is 9.48 Å². The monoisotopic (exact) mass is 349 g/mol. The van der Waals surface area contributed by atoms with E-state index >= 15 is 0 Å². The number of rotatable bonds is 5. The topological polar surface area (TPSA) is 68.0 Å². The standard InChI is InChI=1S/C16H13F2N3O2S/c1-21-8-10(14(20-21)15(17)18)6-9(7-13(22)23)16-19-11-4-2-3-5-12(11)24-16/h2-6,8,15H,7H2,1H3,(H,22,23)/b9-6+. The van der Waals surface area contributed by atoms with E-state index in [0.717, 1.165) is 10.2 Å². The highest BCUT2D eigenvalue weighted by atomic mass is 32.1. The molecule has 8 heteroatoms. The quantitative estimate of drug-likeness (QED) is 0.756. The Labute approximate surface area is 139 Å². The van der Waals surface area contributed by atoms with Gasteiger partial charge in [-0.05, 0) is 23.8 Å². The summed E-state index contributed by atoms with van der Waals surface area (Å²) >= 11 is 1.33. The summed E-state index contributed by atoms with van der Waals surface area (Å²) in [7, 11) is 1.54. The van der Waals surface area contributed by atoms with Crippen molar-refractivity contribution in [2.75, 3.05) is 0 Å². The number of hydrogen-bond donors (Lipinski definition) is 1. The molecule has 124 valence electrons. The van der Waals surface area contributed by atoms with Crippen LogP contribution in [0, 0.1) is 0 Å². The molecule has 0 bridgehead atoms. The first kappa shape index (κ1) is 16.3. The second-order valence-electron chi connectivity index (χ2n) is 5.17. The SMILES string of the molecule is Cn1cc(/C=C(\CC(=O)O)c2nc3ccccc3s2)c(C(F)F)n1. The van der Waals surface area contributed by atoms with Gasteiger partial charge in [0, 0.05) is 18.8 Å². The van der Waals surface area contributed by atoms with Crippen molar-refractivity contribution in [2.24, 2.45) is 7.05 Å². The Morgan fingerprint density at radius 1 is 1.42 bits per heavy atom. The van der Waals surface area contributed by atoms with Crippen LogP contribution in [-0.4, -0.2) is 25.8 Å². The molecule has 1 aromatic carbocycles. The zero-order valence-electron chi connectivity index (χ0n) is 12.6. The van der Waals surface area contributed by atoms with Crippen LogP contribution in [0.4, 0.5) is 8.78 Å². The number of carboxylic acids is 1. The largest absolute Gasteiger partial charge is 0.481 e. The van der Waals surface area contributed by atoms with Crippen molar-refractivity contribution in [3.8, 4) is 0 Å². The molecule has 5 nitrogen and oxygen atoms in total. The van der Waals surface area contributed by atoms with Crippen molar-refractivity contribution in [2.45, 2.75) is 12.8 Å². The third kappa shape index (κ3) is 3.33. The normalized spacial score (nSPS) is 12.2. The van der Waals surface area contributed by atoms with Gasteiger partial charge >= 0.3 is 5.97 Å². The molecule has 0 unspecified atom stereocenters. The molecular formula is C16H13F2N3O2S. The van der Waals surface area contributed by atoms with Gasteiger partial charge in [0.2, 0.25) is 0 Å². The van der Waals surface area contributed by atoms with Gasteiger partial charge in [0.1, 0.15) is 10.7 Å². The van der Waals surface area contributed by atoms with Crippen molar-refractivity contribution >= 4 is 39.2 Å². The number of nitrogens with zero attached hydrogens (tertiary/aromatic N) is 3. The number of aromatic nitrogens is 3. The van der Waals surface area contributed by atoms with Gasteiger partial charge < -0.3 is 5.11 Å². The first-order valence-electron chi connectivity index (χ1n) is 7.04. The van der Waals surface area contributed by atoms with Gasteiger partial charge in [-0.25, -0.2) is 13.8 Å². The number of hydrogen-bond acceptors (Lipinski definition) is 4. The van der Waals surface area contributed by atoms with E-state index in [9.17, 15) is 13.6 Å². The summed E-state index contributed by atoms with van der Waals surface area (Å²) in [5.74, 6) is -1.05. The molecule has 0 atom stereocenters. The average molecular weight is 349 g/mol. The highest BCUT2D eigenvalue weighted by Gasteiger charge is 2.19. The van der Waals surface area contributed by atoms with Gasteiger partial charge in [0.05, 0.1) is 16.6 Å². The summed E-state index contributed by atoms with van der Waals surface area (Å²) in [5.41, 5.74) is 0.942. The third-order valence-electron chi connectivity index (χ3n) is 3.33. The van der Waals surface area contributed by atoms with Crippen LogP contribution >= 0.6 is 11.3 Å². The molecule has 0 aliphatic carbocycles. The fourth-order valence-electron chi connectivity index (χ4n) is 2.35. The molecule has 1 N–H and O–H groups in total. The Morgan fingerprint density at radius 2 is 2.17 bits per heavy atom. The average Bonchev–Trinajstić information content (AvgIpc) is 3.09. The number of carbonyl (C=O) groups is 1. The number of thiazole rings is 1. The molecule has 0 aliphatic rings. The molecule has 0 saturated carbocycles. The maximum Gasteiger partial charge on any atom is 0.307 e. The molecule has 3 rings (SSSR count).